The molecule has 2 atom stereocenters. The molecule has 0 heterocycles. The van der Waals surface area contributed by atoms with Crippen molar-refractivity contribution >= 4 is 50.7 Å². The summed E-state index contributed by atoms with van der Waals surface area (Å²) in [6.45, 7) is 6.85. The Kier molecular flexibility index (Phi) is 11.7. The fourth-order valence-corrected chi connectivity index (χ4v) is 6.16. The molecule has 42 heavy (non-hydrogen) atoms. The van der Waals surface area contributed by atoms with Gasteiger partial charge in [-0.15, -0.1) is 0 Å². The molecule has 0 fully saturated rings. The molecule has 0 saturated carbocycles. The molecule has 0 aromatic heterocycles. The van der Waals surface area contributed by atoms with Gasteiger partial charge in [-0.25, -0.2) is 8.42 Å². The van der Waals surface area contributed by atoms with Crippen LogP contribution in [0.1, 0.15) is 44.7 Å². The third-order valence-corrected chi connectivity index (χ3v) is 9.36. The monoisotopic (exact) mass is 633 g/mol. The Morgan fingerprint density at radius 1 is 0.976 bits per heavy atom. The number of nitrogens with one attached hydrogen (secondary N) is 1. The molecular weight excluding hydrogens is 597 g/mol. The van der Waals surface area contributed by atoms with E-state index in [-0.39, 0.29) is 39.8 Å². The Morgan fingerprint density at radius 2 is 1.64 bits per heavy atom. The quantitative estimate of drug-likeness (QED) is 0.241. The minimum Gasteiger partial charge on any atom is -0.495 e. The molecule has 2 amide bonds. The highest BCUT2D eigenvalue weighted by Crippen LogP contribution is 2.35. The number of benzene rings is 3. The first kappa shape index (κ1) is 33.2. The predicted octanol–water partition coefficient (Wildman–Crippen LogP) is 6.23. The largest absolute Gasteiger partial charge is 0.495 e. The van der Waals surface area contributed by atoms with Gasteiger partial charge >= 0.3 is 0 Å². The fourth-order valence-electron chi connectivity index (χ4n) is 4.38. The first-order chi connectivity index (χ1) is 19.9. The van der Waals surface area contributed by atoms with Gasteiger partial charge in [0.05, 0.1) is 17.7 Å². The number of nitrogens with zero attached hydrogens (tertiary/aromatic N) is 2. The summed E-state index contributed by atoms with van der Waals surface area (Å²) in [7, 11) is -2.88. The average molecular weight is 635 g/mol. The SMILES string of the molecule is CC[C@H](C(=O)N[C@@H](C)CC)N(Cc1ccccc1Cl)C(=O)CN(c1cc(Cl)ccc1OC)S(=O)(=O)c1ccc(C)cc1. The zero-order valence-corrected chi connectivity index (χ0v) is 26.8. The number of hydrogen-bond donors (Lipinski definition) is 1. The van der Waals surface area contributed by atoms with Gasteiger partial charge in [0.1, 0.15) is 18.3 Å². The Morgan fingerprint density at radius 3 is 2.24 bits per heavy atom. The van der Waals surface area contributed by atoms with Crippen LogP contribution < -0.4 is 14.4 Å². The number of aryl methyl sites for hydroxylation is 1. The molecule has 1 N–H and O–H groups in total. The average Bonchev–Trinajstić information content (AvgIpc) is 2.96. The van der Waals surface area contributed by atoms with E-state index in [1.165, 1.54) is 36.3 Å². The van der Waals surface area contributed by atoms with Crippen molar-refractivity contribution in [1.82, 2.24) is 10.2 Å². The second-order valence-corrected chi connectivity index (χ2v) is 12.7. The van der Waals surface area contributed by atoms with E-state index < -0.39 is 28.5 Å². The number of hydrogen-bond acceptors (Lipinski definition) is 5. The van der Waals surface area contributed by atoms with Crippen molar-refractivity contribution in [1.29, 1.82) is 0 Å². The summed E-state index contributed by atoms with van der Waals surface area (Å²) in [4.78, 5) is 29.0. The Hall–Kier alpha value is -3.27. The molecule has 0 saturated heterocycles. The highest BCUT2D eigenvalue weighted by Gasteiger charge is 2.35. The fraction of sp³-hybridized carbons (Fsp3) is 0.355. The van der Waals surface area contributed by atoms with E-state index in [1.54, 1.807) is 49.4 Å². The highest BCUT2D eigenvalue weighted by atomic mass is 35.5. The van der Waals surface area contributed by atoms with Gasteiger partial charge in [-0.05, 0) is 68.7 Å². The molecule has 8 nitrogen and oxygen atoms in total. The summed E-state index contributed by atoms with van der Waals surface area (Å²) >= 11 is 12.8. The second-order valence-electron chi connectivity index (χ2n) is 10.00. The lowest BCUT2D eigenvalue weighted by atomic mass is 10.1. The van der Waals surface area contributed by atoms with Crippen molar-refractivity contribution in [2.45, 2.75) is 64.1 Å². The molecule has 3 rings (SSSR count). The van der Waals surface area contributed by atoms with Crippen LogP contribution in [0.25, 0.3) is 0 Å². The third kappa shape index (κ3) is 7.96. The van der Waals surface area contributed by atoms with E-state index in [0.29, 0.717) is 23.4 Å². The number of amides is 2. The predicted molar refractivity (Wildman–Crippen MR) is 168 cm³/mol. The molecule has 3 aromatic rings. The second kappa shape index (κ2) is 14.8. The van der Waals surface area contributed by atoms with Gasteiger partial charge in [-0.1, -0.05) is 72.9 Å². The van der Waals surface area contributed by atoms with Gasteiger partial charge < -0.3 is 15.0 Å². The van der Waals surface area contributed by atoms with Crippen LogP contribution in [0.2, 0.25) is 10.0 Å². The molecule has 226 valence electrons. The summed E-state index contributed by atoms with van der Waals surface area (Å²) in [5.74, 6) is -0.721. The molecule has 0 radical (unpaired) electrons. The van der Waals surface area contributed by atoms with Gasteiger partial charge in [-0.2, -0.15) is 0 Å². The minimum atomic E-state index is -4.28. The Balaban J connectivity index is 2.14. The number of carbonyl (C=O) groups excluding carboxylic acids is 2. The number of anilines is 1. The maximum atomic E-state index is 14.2. The number of methoxy groups -OCH3 is 1. The molecule has 0 unspecified atom stereocenters. The van der Waals surface area contributed by atoms with E-state index in [1.807, 2.05) is 20.8 Å². The zero-order valence-electron chi connectivity index (χ0n) is 24.4. The highest BCUT2D eigenvalue weighted by molar-refractivity contribution is 7.92. The lowest BCUT2D eigenvalue weighted by molar-refractivity contribution is -0.140. The molecule has 0 spiro atoms. The Labute approximate surface area is 258 Å². The third-order valence-electron chi connectivity index (χ3n) is 6.98. The van der Waals surface area contributed by atoms with E-state index in [0.717, 1.165) is 9.87 Å². The maximum Gasteiger partial charge on any atom is 0.264 e. The molecule has 11 heteroatoms. The molecule has 0 aliphatic carbocycles. The summed E-state index contributed by atoms with van der Waals surface area (Å²) in [5.41, 5.74) is 1.59. The van der Waals surface area contributed by atoms with Crippen LogP contribution in [-0.2, 0) is 26.2 Å². The minimum absolute atomic E-state index is 0.00393. The zero-order chi connectivity index (χ0) is 31.0. The van der Waals surface area contributed by atoms with Gasteiger partial charge in [0.15, 0.2) is 0 Å². The van der Waals surface area contributed by atoms with Crippen LogP contribution >= 0.6 is 23.2 Å². The summed E-state index contributed by atoms with van der Waals surface area (Å²) in [5, 5.41) is 3.64. The van der Waals surface area contributed by atoms with Crippen LogP contribution in [0.4, 0.5) is 5.69 Å². The van der Waals surface area contributed by atoms with E-state index in [2.05, 4.69) is 5.32 Å². The van der Waals surface area contributed by atoms with Gasteiger partial charge in [0.2, 0.25) is 11.8 Å². The van der Waals surface area contributed by atoms with Crippen LogP contribution in [0, 0.1) is 6.92 Å². The van der Waals surface area contributed by atoms with Crippen molar-refractivity contribution in [3.8, 4) is 5.75 Å². The first-order valence-electron chi connectivity index (χ1n) is 13.7. The van der Waals surface area contributed by atoms with Crippen LogP contribution in [0.3, 0.4) is 0 Å². The maximum absolute atomic E-state index is 14.2. The lowest BCUT2D eigenvalue weighted by Crippen LogP contribution is -2.53. The van der Waals surface area contributed by atoms with Crippen molar-refractivity contribution in [2.24, 2.45) is 0 Å². The molecular formula is C31H37Cl2N3O5S. The lowest BCUT2D eigenvalue weighted by Gasteiger charge is -2.34. The van der Waals surface area contributed by atoms with Crippen LogP contribution in [0.15, 0.2) is 71.6 Å². The standard InChI is InChI=1S/C31H37Cl2N3O5S/c1-6-22(4)34-31(38)27(7-2)35(19-23-10-8-9-11-26(23)33)30(37)20-36(28-18-24(32)14-17-29(28)41-5)42(39,40)25-15-12-21(3)13-16-25/h8-18,22,27H,6-7,19-20H2,1-5H3,(H,34,38)/t22-,27+/m0/s1. The summed E-state index contributed by atoms with van der Waals surface area (Å²) in [6, 6.07) is 16.9. The summed E-state index contributed by atoms with van der Waals surface area (Å²) in [6.07, 6.45) is 1.00. The van der Waals surface area contributed by atoms with Gasteiger partial charge in [0.25, 0.3) is 10.0 Å². The van der Waals surface area contributed by atoms with Crippen LogP contribution in [-0.4, -0.2) is 50.9 Å². The number of halogens is 2. The molecule has 0 bridgehead atoms. The van der Waals surface area contributed by atoms with Crippen molar-refractivity contribution in [3.63, 3.8) is 0 Å². The topological polar surface area (TPSA) is 96.0 Å². The number of carbonyl (C=O) groups is 2. The van der Waals surface area contributed by atoms with Gasteiger partial charge in [-0.3, -0.25) is 13.9 Å². The van der Waals surface area contributed by atoms with Crippen molar-refractivity contribution in [2.75, 3.05) is 18.0 Å². The smallest absolute Gasteiger partial charge is 0.264 e. The van der Waals surface area contributed by atoms with E-state index in [4.69, 9.17) is 27.9 Å². The molecule has 0 aliphatic rings. The van der Waals surface area contributed by atoms with Gasteiger partial charge in [0, 0.05) is 22.6 Å². The summed E-state index contributed by atoms with van der Waals surface area (Å²) < 4.78 is 34.7. The number of sulfonamides is 1. The van der Waals surface area contributed by atoms with Crippen LogP contribution in [0.5, 0.6) is 5.75 Å². The normalized spacial score (nSPS) is 12.7. The van der Waals surface area contributed by atoms with E-state index in [9.17, 15) is 18.0 Å². The number of rotatable bonds is 13. The number of ether oxygens (including phenoxy) is 1. The van der Waals surface area contributed by atoms with E-state index >= 15 is 0 Å². The van der Waals surface area contributed by atoms with Crippen molar-refractivity contribution < 1.29 is 22.7 Å². The Bertz CT molecular complexity index is 1500. The first-order valence-corrected chi connectivity index (χ1v) is 15.9. The molecule has 3 aromatic carbocycles. The van der Waals surface area contributed by atoms with Crippen molar-refractivity contribution in [3.05, 3.63) is 87.9 Å². The molecule has 0 aliphatic heterocycles.